The van der Waals surface area contributed by atoms with Gasteiger partial charge in [-0.3, -0.25) is 9.67 Å². The Hall–Kier alpha value is -1.75. The normalized spacial score (nSPS) is 12.6. The molecule has 2 aromatic rings. The highest BCUT2D eigenvalue weighted by Crippen LogP contribution is 2.19. The lowest BCUT2D eigenvalue weighted by Crippen LogP contribution is -2.25. The fourth-order valence-electron chi connectivity index (χ4n) is 1.79. The first-order valence-electron chi connectivity index (χ1n) is 5.80. The molecule has 0 aliphatic rings. The minimum Gasteiger partial charge on any atom is -0.305 e. The SMILES string of the molecule is CCCNC(c1cccnc1)c1cnnn1C. The minimum atomic E-state index is 0.101. The quantitative estimate of drug-likeness (QED) is 0.842. The Labute approximate surface area is 101 Å². The summed E-state index contributed by atoms with van der Waals surface area (Å²) in [5.74, 6) is 0. The maximum atomic E-state index is 4.16. The predicted molar refractivity (Wildman–Crippen MR) is 65.4 cm³/mol. The third kappa shape index (κ3) is 2.68. The van der Waals surface area contributed by atoms with Gasteiger partial charge in [-0.25, -0.2) is 0 Å². The third-order valence-electron chi connectivity index (χ3n) is 2.66. The van der Waals surface area contributed by atoms with Crippen molar-refractivity contribution >= 4 is 0 Å². The zero-order valence-electron chi connectivity index (χ0n) is 10.2. The van der Waals surface area contributed by atoms with Gasteiger partial charge in [0.05, 0.1) is 17.9 Å². The van der Waals surface area contributed by atoms with Gasteiger partial charge in [0, 0.05) is 19.4 Å². The van der Waals surface area contributed by atoms with Crippen LogP contribution in [0.5, 0.6) is 0 Å². The Bertz CT molecular complexity index is 451. The summed E-state index contributed by atoms with van der Waals surface area (Å²) < 4.78 is 1.79. The summed E-state index contributed by atoms with van der Waals surface area (Å²) in [6.07, 6.45) is 6.53. The standard InChI is InChI=1S/C12H17N5/c1-3-6-14-12(10-5-4-7-13-8-10)11-9-15-16-17(11)2/h4-5,7-9,12,14H,3,6H2,1-2H3. The summed E-state index contributed by atoms with van der Waals surface area (Å²) in [7, 11) is 1.90. The summed E-state index contributed by atoms with van der Waals surface area (Å²) in [5.41, 5.74) is 2.18. The van der Waals surface area contributed by atoms with Crippen LogP contribution in [0.15, 0.2) is 30.7 Å². The minimum absolute atomic E-state index is 0.101. The number of aromatic nitrogens is 4. The molecule has 17 heavy (non-hydrogen) atoms. The van der Waals surface area contributed by atoms with Crippen LogP contribution in [0.1, 0.15) is 30.6 Å². The topological polar surface area (TPSA) is 55.6 Å². The van der Waals surface area contributed by atoms with Crippen molar-refractivity contribution in [1.82, 2.24) is 25.3 Å². The fraction of sp³-hybridized carbons (Fsp3) is 0.417. The van der Waals surface area contributed by atoms with Gasteiger partial charge in [-0.05, 0) is 24.6 Å². The van der Waals surface area contributed by atoms with Crippen LogP contribution < -0.4 is 5.32 Å². The second-order valence-corrected chi connectivity index (χ2v) is 3.96. The summed E-state index contributed by atoms with van der Waals surface area (Å²) in [6.45, 7) is 3.10. The molecule has 1 N–H and O–H groups in total. The largest absolute Gasteiger partial charge is 0.305 e. The lowest BCUT2D eigenvalue weighted by molar-refractivity contribution is 0.549. The number of aryl methyl sites for hydroxylation is 1. The molecule has 0 saturated heterocycles. The molecule has 2 rings (SSSR count). The van der Waals surface area contributed by atoms with E-state index < -0.39 is 0 Å². The first-order chi connectivity index (χ1) is 8.33. The van der Waals surface area contributed by atoms with Gasteiger partial charge < -0.3 is 5.32 Å². The molecular weight excluding hydrogens is 214 g/mol. The van der Waals surface area contributed by atoms with E-state index in [-0.39, 0.29) is 6.04 Å². The molecular formula is C12H17N5. The number of rotatable bonds is 5. The molecule has 90 valence electrons. The van der Waals surface area contributed by atoms with Gasteiger partial charge >= 0.3 is 0 Å². The van der Waals surface area contributed by atoms with Crippen LogP contribution in [-0.4, -0.2) is 26.5 Å². The van der Waals surface area contributed by atoms with Gasteiger partial charge in [0.1, 0.15) is 0 Å². The van der Waals surface area contributed by atoms with Crippen molar-refractivity contribution in [2.24, 2.45) is 7.05 Å². The van der Waals surface area contributed by atoms with Gasteiger partial charge in [0.2, 0.25) is 0 Å². The van der Waals surface area contributed by atoms with Crippen molar-refractivity contribution in [1.29, 1.82) is 0 Å². The van der Waals surface area contributed by atoms with Crippen LogP contribution in [0.3, 0.4) is 0 Å². The molecule has 0 saturated carbocycles. The van der Waals surface area contributed by atoms with Crippen molar-refractivity contribution < 1.29 is 0 Å². The lowest BCUT2D eigenvalue weighted by atomic mass is 10.1. The molecule has 0 radical (unpaired) electrons. The Balaban J connectivity index is 2.29. The summed E-state index contributed by atoms with van der Waals surface area (Å²) in [5, 5.41) is 11.4. The third-order valence-corrected chi connectivity index (χ3v) is 2.66. The highest BCUT2D eigenvalue weighted by molar-refractivity contribution is 5.23. The van der Waals surface area contributed by atoms with E-state index in [4.69, 9.17) is 0 Å². The maximum absolute atomic E-state index is 4.16. The average Bonchev–Trinajstić information content (AvgIpc) is 2.78. The number of nitrogens with one attached hydrogen (secondary N) is 1. The fourth-order valence-corrected chi connectivity index (χ4v) is 1.79. The van der Waals surface area contributed by atoms with Crippen LogP contribution in [-0.2, 0) is 7.05 Å². The zero-order chi connectivity index (χ0) is 12.1. The van der Waals surface area contributed by atoms with Gasteiger partial charge in [-0.1, -0.05) is 18.2 Å². The molecule has 0 aliphatic heterocycles. The molecule has 1 unspecified atom stereocenters. The van der Waals surface area contributed by atoms with E-state index in [1.807, 2.05) is 19.3 Å². The molecule has 0 fully saturated rings. The van der Waals surface area contributed by atoms with Crippen LogP contribution >= 0.6 is 0 Å². The highest BCUT2D eigenvalue weighted by Gasteiger charge is 2.17. The van der Waals surface area contributed by atoms with E-state index in [0.717, 1.165) is 24.2 Å². The summed E-state index contributed by atoms with van der Waals surface area (Å²) in [4.78, 5) is 4.16. The van der Waals surface area contributed by atoms with E-state index in [9.17, 15) is 0 Å². The maximum Gasteiger partial charge on any atom is 0.0799 e. The Morgan fingerprint density at radius 3 is 2.88 bits per heavy atom. The number of pyridine rings is 1. The number of hydrogen-bond donors (Lipinski definition) is 1. The van der Waals surface area contributed by atoms with Crippen molar-refractivity contribution in [3.63, 3.8) is 0 Å². The predicted octanol–water partition coefficient (Wildman–Crippen LogP) is 1.30. The monoisotopic (exact) mass is 231 g/mol. The first kappa shape index (κ1) is 11.7. The molecule has 5 heteroatoms. The molecule has 1 atom stereocenters. The second kappa shape index (κ2) is 5.54. The van der Waals surface area contributed by atoms with Crippen LogP contribution in [0.2, 0.25) is 0 Å². The average molecular weight is 231 g/mol. The molecule has 0 aliphatic carbocycles. The van der Waals surface area contributed by atoms with Gasteiger partial charge in [0.25, 0.3) is 0 Å². The van der Waals surface area contributed by atoms with Gasteiger partial charge in [-0.2, -0.15) is 0 Å². The van der Waals surface area contributed by atoms with E-state index in [1.165, 1.54) is 0 Å². The molecule has 0 bridgehead atoms. The molecule has 0 spiro atoms. The van der Waals surface area contributed by atoms with Crippen molar-refractivity contribution in [3.8, 4) is 0 Å². The highest BCUT2D eigenvalue weighted by atomic mass is 15.4. The van der Waals surface area contributed by atoms with E-state index in [2.05, 4.69) is 33.6 Å². The van der Waals surface area contributed by atoms with E-state index in [0.29, 0.717) is 0 Å². The molecule has 0 amide bonds. The van der Waals surface area contributed by atoms with Crippen LogP contribution in [0.4, 0.5) is 0 Å². The second-order valence-electron chi connectivity index (χ2n) is 3.96. The Kier molecular flexibility index (Phi) is 3.82. The summed E-state index contributed by atoms with van der Waals surface area (Å²) >= 11 is 0. The van der Waals surface area contributed by atoms with Crippen LogP contribution in [0, 0.1) is 0 Å². The zero-order valence-corrected chi connectivity index (χ0v) is 10.2. The Morgan fingerprint density at radius 2 is 2.29 bits per heavy atom. The van der Waals surface area contributed by atoms with E-state index in [1.54, 1.807) is 17.1 Å². The first-order valence-corrected chi connectivity index (χ1v) is 5.80. The molecule has 0 aromatic carbocycles. The number of nitrogens with zero attached hydrogens (tertiary/aromatic N) is 4. The van der Waals surface area contributed by atoms with Gasteiger partial charge in [0.15, 0.2) is 0 Å². The van der Waals surface area contributed by atoms with Crippen molar-refractivity contribution in [2.45, 2.75) is 19.4 Å². The Morgan fingerprint density at radius 1 is 1.41 bits per heavy atom. The van der Waals surface area contributed by atoms with Gasteiger partial charge in [-0.15, -0.1) is 5.10 Å². The van der Waals surface area contributed by atoms with E-state index >= 15 is 0 Å². The molecule has 2 aromatic heterocycles. The van der Waals surface area contributed by atoms with Crippen molar-refractivity contribution in [3.05, 3.63) is 42.0 Å². The smallest absolute Gasteiger partial charge is 0.0799 e. The van der Waals surface area contributed by atoms with Crippen molar-refractivity contribution in [2.75, 3.05) is 6.54 Å². The lowest BCUT2D eigenvalue weighted by Gasteiger charge is -2.18. The summed E-state index contributed by atoms with van der Waals surface area (Å²) in [6, 6.07) is 4.11. The molecule has 2 heterocycles. The molecule has 5 nitrogen and oxygen atoms in total. The van der Waals surface area contributed by atoms with Crippen LogP contribution in [0.25, 0.3) is 0 Å². The number of hydrogen-bond acceptors (Lipinski definition) is 4.